The third kappa shape index (κ3) is 5.41. The zero-order valence-corrected chi connectivity index (χ0v) is 16.3. The number of hydrogen-bond donors (Lipinski definition) is 3. The van der Waals surface area contributed by atoms with Crippen LogP contribution in [0.5, 0.6) is 11.5 Å². The highest BCUT2D eigenvalue weighted by atomic mass is 79.9. The van der Waals surface area contributed by atoms with Crippen LogP contribution in [0.25, 0.3) is 6.08 Å². The largest absolute Gasteiger partial charge is 0.454 e. The smallest absolute Gasteiger partial charge is 0.262 e. The van der Waals surface area contributed by atoms with Crippen LogP contribution in [-0.4, -0.2) is 17.8 Å². The van der Waals surface area contributed by atoms with Crippen LogP contribution in [0.15, 0.2) is 46.9 Å². The van der Waals surface area contributed by atoms with E-state index in [1.165, 1.54) is 18.2 Å². The van der Waals surface area contributed by atoms with Gasteiger partial charge >= 0.3 is 0 Å². The van der Waals surface area contributed by atoms with Gasteiger partial charge in [-0.2, -0.15) is 0 Å². The lowest BCUT2D eigenvalue weighted by atomic mass is 10.2. The number of hydrazine groups is 1. The second-order valence-corrected chi connectivity index (χ2v) is 6.81. The topological polar surface area (TPSA) is 71.6 Å². The van der Waals surface area contributed by atoms with Crippen LogP contribution in [0.1, 0.15) is 11.1 Å². The molecular formula is C18H15BrFN3O3S. The Bertz CT molecular complexity index is 907. The fraction of sp³-hybridized carbons (Fsp3) is 0.111. The second kappa shape index (κ2) is 8.83. The van der Waals surface area contributed by atoms with Crippen molar-refractivity contribution in [1.29, 1.82) is 0 Å². The fourth-order valence-electron chi connectivity index (χ4n) is 2.25. The first-order valence-electron chi connectivity index (χ1n) is 7.87. The van der Waals surface area contributed by atoms with Gasteiger partial charge in [0.05, 0.1) is 0 Å². The van der Waals surface area contributed by atoms with Crippen LogP contribution >= 0.6 is 28.1 Å². The third-order valence-corrected chi connectivity index (χ3v) is 4.30. The summed E-state index contributed by atoms with van der Waals surface area (Å²) in [7, 11) is 0. The number of ether oxygens (including phenoxy) is 2. The number of halogens is 2. The molecule has 2 aromatic rings. The van der Waals surface area contributed by atoms with Crippen LogP contribution in [0.4, 0.5) is 4.39 Å². The highest BCUT2D eigenvalue weighted by molar-refractivity contribution is 9.10. The Morgan fingerprint density at radius 1 is 1.19 bits per heavy atom. The molecule has 3 N–H and O–H groups in total. The van der Waals surface area contributed by atoms with Gasteiger partial charge in [-0.3, -0.25) is 15.6 Å². The predicted molar refractivity (Wildman–Crippen MR) is 106 cm³/mol. The minimum atomic E-state index is -0.471. The molecule has 9 heteroatoms. The van der Waals surface area contributed by atoms with Crippen molar-refractivity contribution in [3.05, 3.63) is 63.9 Å². The molecule has 0 fully saturated rings. The molecule has 3 rings (SSSR count). The summed E-state index contributed by atoms with van der Waals surface area (Å²) < 4.78 is 24.9. The van der Waals surface area contributed by atoms with Crippen molar-refractivity contribution in [3.63, 3.8) is 0 Å². The summed E-state index contributed by atoms with van der Waals surface area (Å²) in [6.45, 7) is 0.660. The number of nitrogens with one attached hydrogen (secondary N) is 3. The lowest BCUT2D eigenvalue weighted by molar-refractivity contribution is -0.116. The molecule has 0 saturated carbocycles. The Morgan fingerprint density at radius 2 is 2.00 bits per heavy atom. The number of thiocarbonyl (C=S) groups is 1. The van der Waals surface area contributed by atoms with Gasteiger partial charge in [0.1, 0.15) is 5.82 Å². The number of carbonyl (C=O) groups excluding carboxylic acids is 1. The molecule has 0 aliphatic carbocycles. The molecule has 0 atom stereocenters. The van der Waals surface area contributed by atoms with E-state index in [-0.39, 0.29) is 11.9 Å². The molecule has 0 bridgehead atoms. The van der Waals surface area contributed by atoms with Crippen molar-refractivity contribution in [1.82, 2.24) is 16.2 Å². The second-order valence-electron chi connectivity index (χ2n) is 5.48. The summed E-state index contributed by atoms with van der Waals surface area (Å²) in [5.74, 6) is 0.504. The van der Waals surface area contributed by atoms with Crippen LogP contribution in [0, 0.1) is 5.82 Å². The van der Waals surface area contributed by atoms with E-state index in [1.54, 1.807) is 12.1 Å². The minimum absolute atomic E-state index is 0.218. The molecule has 0 radical (unpaired) electrons. The van der Waals surface area contributed by atoms with E-state index in [0.717, 1.165) is 10.0 Å². The van der Waals surface area contributed by atoms with Crippen LogP contribution in [-0.2, 0) is 11.3 Å². The molecule has 27 heavy (non-hydrogen) atoms. The van der Waals surface area contributed by atoms with Crippen molar-refractivity contribution >= 4 is 45.2 Å². The predicted octanol–water partition coefficient (Wildman–Crippen LogP) is 3.03. The van der Waals surface area contributed by atoms with Gasteiger partial charge in [-0.25, -0.2) is 4.39 Å². The standard InChI is InChI=1S/C18H15BrFN3O3S/c19-13-3-4-14(20)12(8-13)2-6-17(24)22-23-18(27)21-9-11-1-5-15-16(7-11)26-10-25-15/h1-8H,9-10H2,(H,22,24)(H2,21,23,27)/b6-2+. The molecule has 1 amide bonds. The monoisotopic (exact) mass is 451 g/mol. The highest BCUT2D eigenvalue weighted by Gasteiger charge is 2.13. The number of fused-ring (bicyclic) bond motifs is 1. The van der Waals surface area contributed by atoms with Crippen molar-refractivity contribution in [2.24, 2.45) is 0 Å². The maximum Gasteiger partial charge on any atom is 0.262 e. The van der Waals surface area contributed by atoms with Crippen LogP contribution < -0.4 is 25.6 Å². The van der Waals surface area contributed by atoms with E-state index in [9.17, 15) is 9.18 Å². The van der Waals surface area contributed by atoms with Gasteiger partial charge in [-0.1, -0.05) is 22.0 Å². The van der Waals surface area contributed by atoms with Crippen molar-refractivity contribution in [2.45, 2.75) is 6.54 Å². The number of benzene rings is 2. The number of carbonyl (C=O) groups is 1. The first-order chi connectivity index (χ1) is 13.0. The zero-order valence-electron chi connectivity index (χ0n) is 13.9. The summed E-state index contributed by atoms with van der Waals surface area (Å²) >= 11 is 8.36. The van der Waals surface area contributed by atoms with E-state index >= 15 is 0 Å². The van der Waals surface area contributed by atoms with E-state index in [2.05, 4.69) is 32.1 Å². The van der Waals surface area contributed by atoms with E-state index < -0.39 is 11.7 Å². The molecule has 0 saturated heterocycles. The van der Waals surface area contributed by atoms with Crippen LogP contribution in [0.3, 0.4) is 0 Å². The lowest BCUT2D eigenvalue weighted by Crippen LogP contribution is -2.45. The van der Waals surface area contributed by atoms with Crippen LogP contribution in [0.2, 0.25) is 0 Å². The molecule has 0 aromatic heterocycles. The van der Waals surface area contributed by atoms with Gasteiger partial charge in [0.2, 0.25) is 6.79 Å². The molecule has 1 aliphatic rings. The lowest BCUT2D eigenvalue weighted by Gasteiger charge is -2.11. The normalized spacial score (nSPS) is 12.1. The van der Waals surface area contributed by atoms with Crippen molar-refractivity contribution in [3.8, 4) is 11.5 Å². The van der Waals surface area contributed by atoms with Crippen molar-refractivity contribution < 1.29 is 18.7 Å². The van der Waals surface area contributed by atoms with E-state index in [0.29, 0.717) is 23.6 Å². The maximum absolute atomic E-state index is 13.6. The van der Waals surface area contributed by atoms with Gasteiger partial charge < -0.3 is 14.8 Å². The van der Waals surface area contributed by atoms with Gasteiger partial charge in [0, 0.05) is 22.7 Å². The molecule has 0 spiro atoms. The first-order valence-corrected chi connectivity index (χ1v) is 9.07. The minimum Gasteiger partial charge on any atom is -0.454 e. The SMILES string of the molecule is O=C(/C=C/c1cc(Br)ccc1F)NNC(=S)NCc1ccc2c(c1)OCO2. The number of amides is 1. The summed E-state index contributed by atoms with van der Waals surface area (Å²) in [6.07, 6.45) is 2.58. The summed E-state index contributed by atoms with van der Waals surface area (Å²) in [4.78, 5) is 11.8. The Balaban J connectivity index is 1.44. The summed E-state index contributed by atoms with van der Waals surface area (Å²) in [5, 5.41) is 3.19. The maximum atomic E-state index is 13.6. The van der Waals surface area contributed by atoms with Crippen molar-refractivity contribution in [2.75, 3.05) is 6.79 Å². The Morgan fingerprint density at radius 3 is 2.85 bits per heavy atom. The number of rotatable bonds is 4. The quantitative estimate of drug-likeness (QED) is 0.377. The average Bonchev–Trinajstić information content (AvgIpc) is 3.13. The molecule has 0 unspecified atom stereocenters. The fourth-order valence-corrected chi connectivity index (χ4v) is 2.75. The highest BCUT2D eigenvalue weighted by Crippen LogP contribution is 2.32. The molecule has 1 aliphatic heterocycles. The molecule has 6 nitrogen and oxygen atoms in total. The molecule has 140 valence electrons. The third-order valence-electron chi connectivity index (χ3n) is 3.56. The average molecular weight is 452 g/mol. The molecule has 2 aromatic carbocycles. The molecular weight excluding hydrogens is 437 g/mol. The summed E-state index contributed by atoms with van der Waals surface area (Å²) in [5.41, 5.74) is 6.22. The Hall–Kier alpha value is -2.65. The van der Waals surface area contributed by atoms with Gasteiger partial charge in [0.25, 0.3) is 5.91 Å². The summed E-state index contributed by atoms with van der Waals surface area (Å²) in [6, 6.07) is 10.0. The van der Waals surface area contributed by atoms with Gasteiger partial charge in [-0.15, -0.1) is 0 Å². The molecule has 1 heterocycles. The van der Waals surface area contributed by atoms with E-state index in [4.69, 9.17) is 21.7 Å². The first kappa shape index (κ1) is 19.1. The zero-order chi connectivity index (χ0) is 19.2. The van der Waals surface area contributed by atoms with Gasteiger partial charge in [-0.05, 0) is 54.2 Å². The van der Waals surface area contributed by atoms with Gasteiger partial charge in [0.15, 0.2) is 16.6 Å². The Labute approximate surface area is 168 Å². The van der Waals surface area contributed by atoms with E-state index in [1.807, 2.05) is 18.2 Å². The Kier molecular flexibility index (Phi) is 6.25. The number of hydrogen-bond acceptors (Lipinski definition) is 4.